The first-order valence-corrected chi connectivity index (χ1v) is 13.3. The van der Waals surface area contributed by atoms with Gasteiger partial charge in [0.05, 0.1) is 31.3 Å². The van der Waals surface area contributed by atoms with Crippen LogP contribution < -0.4 is 9.47 Å². The van der Waals surface area contributed by atoms with Gasteiger partial charge >= 0.3 is 11.9 Å². The lowest BCUT2D eigenvalue weighted by molar-refractivity contribution is -0.196. The van der Waals surface area contributed by atoms with Gasteiger partial charge in [-0.15, -0.1) is 0 Å². The number of hydrogen-bond donors (Lipinski definition) is 3. The number of carbonyl (C=O) groups excluding carboxylic acids is 2. The van der Waals surface area contributed by atoms with Crippen LogP contribution in [0.4, 0.5) is 0 Å². The zero-order valence-electron chi connectivity index (χ0n) is 22.8. The molecule has 1 saturated heterocycles. The second kappa shape index (κ2) is 9.96. The molecule has 3 heterocycles. The standard InChI is InChI=1S/C28H37NO10/c1-26(2,33)8-9-28(34,23(30)24(31)36-4)25(32)39-22-20(35-3)14-27-7-5-10-29(27)11-6-16-12-18-19(38-15-37-18)13-17(16)21(22)27/h12-14,21-23,30,33-34H,5-11,15H2,1-4H3/t21-,22-,23+,27-,28-/m1/s1. The Morgan fingerprint density at radius 2 is 1.87 bits per heavy atom. The van der Waals surface area contributed by atoms with Gasteiger partial charge in [-0.1, -0.05) is 0 Å². The van der Waals surface area contributed by atoms with Crippen molar-refractivity contribution in [2.24, 2.45) is 0 Å². The highest BCUT2D eigenvalue weighted by Gasteiger charge is 2.60. The molecule has 214 valence electrons. The maximum absolute atomic E-state index is 13.7. The summed E-state index contributed by atoms with van der Waals surface area (Å²) in [6, 6.07) is 3.90. The highest BCUT2D eigenvalue weighted by atomic mass is 16.7. The zero-order chi connectivity index (χ0) is 28.2. The zero-order valence-corrected chi connectivity index (χ0v) is 22.8. The van der Waals surface area contributed by atoms with Crippen LogP contribution in [-0.4, -0.2) is 95.2 Å². The average molecular weight is 548 g/mol. The topological polar surface area (TPSA) is 144 Å². The molecule has 4 aliphatic rings. The summed E-state index contributed by atoms with van der Waals surface area (Å²) in [5.41, 5.74) is -2.48. The largest absolute Gasteiger partial charge is 0.497 e. The lowest BCUT2D eigenvalue weighted by Crippen LogP contribution is -2.56. The minimum Gasteiger partial charge on any atom is -0.497 e. The molecule has 1 spiro atoms. The van der Waals surface area contributed by atoms with E-state index in [-0.39, 0.29) is 13.2 Å². The van der Waals surface area contributed by atoms with Crippen LogP contribution in [-0.2, 0) is 30.2 Å². The van der Waals surface area contributed by atoms with Gasteiger partial charge < -0.3 is 39.0 Å². The molecule has 5 rings (SSSR count). The fraction of sp³-hybridized carbons (Fsp3) is 0.643. The number of methoxy groups -OCH3 is 2. The van der Waals surface area contributed by atoms with E-state index in [0.717, 1.165) is 50.6 Å². The third-order valence-electron chi connectivity index (χ3n) is 8.55. The van der Waals surface area contributed by atoms with Crippen molar-refractivity contribution in [3.8, 4) is 11.5 Å². The SMILES string of the molecule is COC(=O)[C@H](O)[C@](O)(CCC(C)(C)O)C(=O)O[C@@H]1C(OC)=C[C@@]23CCCN2CCc2cc4c(cc2[C@H]13)OCO4. The number of fused-ring (bicyclic) bond motifs is 3. The van der Waals surface area contributed by atoms with Gasteiger partial charge in [0.1, 0.15) is 5.76 Å². The molecule has 0 aromatic heterocycles. The summed E-state index contributed by atoms with van der Waals surface area (Å²) < 4.78 is 27.7. The van der Waals surface area contributed by atoms with E-state index in [1.165, 1.54) is 21.0 Å². The molecule has 1 fully saturated rings. The molecule has 0 saturated carbocycles. The van der Waals surface area contributed by atoms with E-state index in [2.05, 4.69) is 9.64 Å². The van der Waals surface area contributed by atoms with Gasteiger partial charge in [-0.3, -0.25) is 4.90 Å². The van der Waals surface area contributed by atoms with Crippen LogP contribution in [0.5, 0.6) is 11.5 Å². The lowest BCUT2D eigenvalue weighted by Gasteiger charge is -2.40. The van der Waals surface area contributed by atoms with Crippen molar-refractivity contribution in [1.82, 2.24) is 4.90 Å². The van der Waals surface area contributed by atoms with Crippen LogP contribution in [0.15, 0.2) is 24.0 Å². The van der Waals surface area contributed by atoms with Crippen molar-refractivity contribution in [3.63, 3.8) is 0 Å². The van der Waals surface area contributed by atoms with Gasteiger partial charge in [-0.25, -0.2) is 9.59 Å². The fourth-order valence-electron chi connectivity index (χ4n) is 6.47. The first-order chi connectivity index (χ1) is 18.4. The normalized spacial score (nSPS) is 27.8. The molecule has 1 aromatic rings. The summed E-state index contributed by atoms with van der Waals surface area (Å²) in [6.45, 7) is 4.77. The van der Waals surface area contributed by atoms with E-state index in [9.17, 15) is 24.9 Å². The van der Waals surface area contributed by atoms with Crippen LogP contribution in [0.3, 0.4) is 0 Å². The number of carbonyl (C=O) groups is 2. The molecule has 1 aliphatic carbocycles. The number of rotatable bonds is 8. The number of aliphatic hydroxyl groups excluding tert-OH is 1. The van der Waals surface area contributed by atoms with Gasteiger partial charge in [0.25, 0.3) is 0 Å². The Balaban J connectivity index is 1.55. The predicted octanol–water partition coefficient (Wildman–Crippen LogP) is 1.16. The second-order valence-electron chi connectivity index (χ2n) is 11.5. The molecule has 0 amide bonds. The van der Waals surface area contributed by atoms with Crippen molar-refractivity contribution >= 4 is 11.9 Å². The van der Waals surface area contributed by atoms with Gasteiger partial charge in [0.2, 0.25) is 6.79 Å². The molecule has 11 heteroatoms. The minimum atomic E-state index is -2.67. The quantitative estimate of drug-likeness (QED) is 0.403. The third-order valence-corrected chi connectivity index (χ3v) is 8.55. The first kappa shape index (κ1) is 27.7. The smallest absolute Gasteiger partial charge is 0.342 e. The van der Waals surface area contributed by atoms with Crippen LogP contribution in [0.2, 0.25) is 0 Å². The summed E-state index contributed by atoms with van der Waals surface area (Å²) in [7, 11) is 2.54. The van der Waals surface area contributed by atoms with Crippen LogP contribution in [0.1, 0.15) is 56.6 Å². The fourth-order valence-corrected chi connectivity index (χ4v) is 6.47. The summed E-state index contributed by atoms with van der Waals surface area (Å²) in [5, 5.41) is 32.4. The van der Waals surface area contributed by atoms with E-state index < -0.39 is 53.2 Å². The molecule has 0 unspecified atom stereocenters. The van der Waals surface area contributed by atoms with E-state index >= 15 is 0 Å². The van der Waals surface area contributed by atoms with Crippen LogP contribution in [0, 0.1) is 0 Å². The van der Waals surface area contributed by atoms with Gasteiger partial charge in [-0.2, -0.15) is 0 Å². The second-order valence-corrected chi connectivity index (χ2v) is 11.5. The lowest BCUT2D eigenvalue weighted by atomic mass is 9.77. The number of hydrogen-bond acceptors (Lipinski definition) is 11. The van der Waals surface area contributed by atoms with Gasteiger partial charge in [0.15, 0.2) is 29.3 Å². The summed E-state index contributed by atoms with van der Waals surface area (Å²) >= 11 is 0. The molecule has 3 N–H and O–H groups in total. The predicted molar refractivity (Wildman–Crippen MR) is 136 cm³/mol. The van der Waals surface area contributed by atoms with Crippen molar-refractivity contribution in [1.29, 1.82) is 0 Å². The molecule has 0 bridgehead atoms. The summed E-state index contributed by atoms with van der Waals surface area (Å²) in [5.74, 6) is -1.11. The molecule has 39 heavy (non-hydrogen) atoms. The summed E-state index contributed by atoms with van der Waals surface area (Å²) in [4.78, 5) is 28.4. The van der Waals surface area contributed by atoms with Crippen molar-refractivity contribution in [2.45, 2.75) is 80.8 Å². The number of nitrogens with zero attached hydrogens (tertiary/aromatic N) is 1. The number of aliphatic hydroxyl groups is 3. The highest BCUT2D eigenvalue weighted by molar-refractivity contribution is 5.89. The van der Waals surface area contributed by atoms with Gasteiger partial charge in [-0.05, 0) is 81.8 Å². The van der Waals surface area contributed by atoms with E-state index in [1.807, 2.05) is 18.2 Å². The molecular weight excluding hydrogens is 510 g/mol. The monoisotopic (exact) mass is 547 g/mol. The average Bonchev–Trinajstić information content (AvgIpc) is 3.59. The number of ether oxygens (including phenoxy) is 5. The number of esters is 2. The van der Waals surface area contributed by atoms with Crippen molar-refractivity contribution in [3.05, 3.63) is 35.1 Å². The molecule has 5 atom stereocenters. The molecule has 0 radical (unpaired) electrons. The van der Waals surface area contributed by atoms with Gasteiger partial charge in [0, 0.05) is 6.54 Å². The minimum absolute atomic E-state index is 0.0995. The van der Waals surface area contributed by atoms with Crippen molar-refractivity contribution < 1.29 is 48.6 Å². The summed E-state index contributed by atoms with van der Waals surface area (Å²) in [6.07, 6.45) is 0.799. The van der Waals surface area contributed by atoms with Crippen molar-refractivity contribution in [2.75, 3.05) is 34.1 Å². The van der Waals surface area contributed by atoms with Crippen LogP contribution in [0.25, 0.3) is 0 Å². The molecule has 11 nitrogen and oxygen atoms in total. The van der Waals surface area contributed by atoms with E-state index in [4.69, 9.17) is 18.9 Å². The molecule has 1 aromatic carbocycles. The Morgan fingerprint density at radius 3 is 2.54 bits per heavy atom. The molecular formula is C28H37NO10. The maximum Gasteiger partial charge on any atom is 0.342 e. The Morgan fingerprint density at radius 1 is 1.15 bits per heavy atom. The van der Waals surface area contributed by atoms with E-state index in [0.29, 0.717) is 17.3 Å². The highest BCUT2D eigenvalue weighted by Crippen LogP contribution is 2.55. The Hall–Kier alpha value is -2.86. The Kier molecular flexibility index (Phi) is 7.07. The Bertz CT molecular complexity index is 1180. The first-order valence-electron chi connectivity index (χ1n) is 13.3. The Labute approximate surface area is 227 Å². The van der Waals surface area contributed by atoms with Crippen LogP contribution >= 0.6 is 0 Å². The number of benzene rings is 1. The third kappa shape index (κ3) is 4.65. The van der Waals surface area contributed by atoms with E-state index in [1.54, 1.807) is 0 Å². The molecule has 3 aliphatic heterocycles. The maximum atomic E-state index is 13.7.